The predicted octanol–water partition coefficient (Wildman–Crippen LogP) is -0.293. The molecule has 0 aliphatic carbocycles. The summed E-state index contributed by atoms with van der Waals surface area (Å²) in [5.41, 5.74) is 8.40. The molecule has 0 saturated heterocycles. The van der Waals surface area contributed by atoms with E-state index in [9.17, 15) is 0 Å². The highest BCUT2D eigenvalue weighted by molar-refractivity contribution is 5.96. The van der Waals surface area contributed by atoms with Crippen LogP contribution in [0.1, 0.15) is 24.8 Å². The minimum Gasteiger partial charge on any atom is -0.478 e. The normalized spacial score (nSPS) is 11.3. The number of ether oxygens (including phenoxy) is 1. The zero-order valence-electron chi connectivity index (χ0n) is 10.2. The maximum Gasteiger partial charge on any atom is 0.213 e. The Morgan fingerprint density at radius 2 is 2.22 bits per heavy atom. The molecule has 0 saturated carbocycles. The third-order valence-corrected chi connectivity index (χ3v) is 2.27. The summed E-state index contributed by atoms with van der Waals surface area (Å²) in [5.74, 6) is 5.82. The average Bonchev–Trinajstić information content (AvgIpc) is 2.39. The van der Waals surface area contributed by atoms with Crippen LogP contribution in [0.4, 0.5) is 0 Å². The molecule has 0 aliphatic rings. The lowest BCUT2D eigenvalue weighted by atomic mass is 10.2. The van der Waals surface area contributed by atoms with Gasteiger partial charge < -0.3 is 15.6 Å². The van der Waals surface area contributed by atoms with Gasteiger partial charge in [-0.05, 0) is 25.3 Å². The van der Waals surface area contributed by atoms with Crippen molar-refractivity contribution < 1.29 is 9.84 Å². The van der Waals surface area contributed by atoms with E-state index >= 15 is 0 Å². The summed E-state index contributed by atoms with van der Waals surface area (Å²) in [7, 11) is 0. The van der Waals surface area contributed by atoms with Crippen LogP contribution in [0.25, 0.3) is 0 Å². The van der Waals surface area contributed by atoms with E-state index < -0.39 is 0 Å². The quantitative estimate of drug-likeness (QED) is 0.166. The Morgan fingerprint density at radius 3 is 2.83 bits per heavy atom. The van der Waals surface area contributed by atoms with Gasteiger partial charge in [0.05, 0.1) is 6.61 Å². The van der Waals surface area contributed by atoms with Gasteiger partial charge in [-0.25, -0.2) is 16.4 Å². The van der Waals surface area contributed by atoms with Crippen molar-refractivity contribution in [1.29, 1.82) is 0 Å². The molecule has 7 nitrogen and oxygen atoms in total. The van der Waals surface area contributed by atoms with Crippen LogP contribution >= 0.6 is 0 Å². The van der Waals surface area contributed by atoms with Crippen LogP contribution in [-0.4, -0.2) is 29.1 Å². The highest BCUT2D eigenvalue weighted by atomic mass is 16.5. The van der Waals surface area contributed by atoms with E-state index in [0.717, 1.165) is 19.3 Å². The summed E-state index contributed by atoms with van der Waals surface area (Å²) >= 11 is 0. The molecule has 100 valence electrons. The zero-order chi connectivity index (χ0) is 13.2. The van der Waals surface area contributed by atoms with Gasteiger partial charge in [-0.15, -0.1) is 5.10 Å². The third kappa shape index (κ3) is 4.98. The fourth-order valence-electron chi connectivity index (χ4n) is 1.32. The SMILES string of the molecule is NN/N=C(\N)c1ccc(OCCCCCO)nc1. The number of nitrogens with zero attached hydrogens (tertiary/aromatic N) is 2. The fraction of sp³-hybridized carbons (Fsp3) is 0.455. The van der Waals surface area contributed by atoms with E-state index in [2.05, 4.69) is 15.6 Å². The topological polar surface area (TPSA) is 119 Å². The van der Waals surface area contributed by atoms with Gasteiger partial charge in [-0.1, -0.05) is 0 Å². The first-order valence-corrected chi connectivity index (χ1v) is 5.76. The Hall–Kier alpha value is -1.86. The minimum absolute atomic E-state index is 0.223. The lowest BCUT2D eigenvalue weighted by Crippen LogP contribution is -2.23. The standard InChI is InChI=1S/C11H19N5O2/c12-11(15-16-13)9-4-5-10(14-8-9)18-7-3-1-2-6-17/h4-5,8,16-17H,1-3,6-7,13H2,(H2,12,15). The Bertz CT molecular complexity index is 366. The molecule has 1 heterocycles. The summed E-state index contributed by atoms with van der Waals surface area (Å²) in [6.45, 7) is 0.807. The second kappa shape index (κ2) is 8.26. The number of aliphatic hydroxyl groups is 1. The van der Waals surface area contributed by atoms with Crippen molar-refractivity contribution in [1.82, 2.24) is 10.5 Å². The number of amidine groups is 1. The number of hydrazone groups is 1. The molecule has 6 N–H and O–H groups in total. The highest BCUT2D eigenvalue weighted by Gasteiger charge is 2.00. The number of pyridine rings is 1. The van der Waals surface area contributed by atoms with E-state index in [1.54, 1.807) is 18.3 Å². The van der Waals surface area contributed by atoms with Gasteiger partial charge in [-0.2, -0.15) is 0 Å². The lowest BCUT2D eigenvalue weighted by Gasteiger charge is -2.05. The van der Waals surface area contributed by atoms with Crippen molar-refractivity contribution in [3.63, 3.8) is 0 Å². The number of nitrogens with two attached hydrogens (primary N) is 2. The van der Waals surface area contributed by atoms with Crippen molar-refractivity contribution in [2.24, 2.45) is 16.7 Å². The Kier molecular flexibility index (Phi) is 6.52. The summed E-state index contributed by atoms with van der Waals surface area (Å²) in [4.78, 5) is 4.10. The van der Waals surface area contributed by atoms with E-state index in [1.807, 2.05) is 0 Å². The lowest BCUT2D eigenvalue weighted by molar-refractivity contribution is 0.262. The van der Waals surface area contributed by atoms with Gasteiger partial charge in [0.25, 0.3) is 0 Å². The number of rotatable bonds is 8. The summed E-state index contributed by atoms with van der Waals surface area (Å²) in [6.07, 6.45) is 4.20. The second-order valence-corrected chi connectivity index (χ2v) is 3.64. The molecule has 0 bridgehead atoms. The van der Waals surface area contributed by atoms with Gasteiger partial charge in [-0.3, -0.25) is 0 Å². The predicted molar refractivity (Wildman–Crippen MR) is 68.7 cm³/mol. The van der Waals surface area contributed by atoms with Gasteiger partial charge in [0.2, 0.25) is 5.88 Å². The maximum absolute atomic E-state index is 8.62. The van der Waals surface area contributed by atoms with Crippen molar-refractivity contribution in [3.05, 3.63) is 23.9 Å². The molecule has 1 aromatic heterocycles. The first-order chi connectivity index (χ1) is 8.77. The molecule has 0 aromatic carbocycles. The van der Waals surface area contributed by atoms with Crippen LogP contribution in [0, 0.1) is 0 Å². The molecule has 7 heteroatoms. The van der Waals surface area contributed by atoms with E-state index in [-0.39, 0.29) is 12.4 Å². The molecule has 0 unspecified atom stereocenters. The Morgan fingerprint density at radius 1 is 1.39 bits per heavy atom. The number of nitrogens with one attached hydrogen (secondary N) is 1. The largest absolute Gasteiger partial charge is 0.478 e. The van der Waals surface area contributed by atoms with E-state index in [4.69, 9.17) is 21.4 Å². The van der Waals surface area contributed by atoms with Crippen LogP contribution < -0.4 is 21.8 Å². The van der Waals surface area contributed by atoms with Crippen LogP contribution in [0.3, 0.4) is 0 Å². The fourth-order valence-corrected chi connectivity index (χ4v) is 1.32. The third-order valence-electron chi connectivity index (χ3n) is 2.27. The van der Waals surface area contributed by atoms with Crippen LogP contribution in [0.15, 0.2) is 23.4 Å². The first kappa shape index (κ1) is 14.2. The van der Waals surface area contributed by atoms with E-state index in [0.29, 0.717) is 18.1 Å². The second-order valence-electron chi connectivity index (χ2n) is 3.64. The summed E-state index contributed by atoms with van der Waals surface area (Å²) < 4.78 is 5.43. The molecule has 0 atom stereocenters. The Labute approximate surface area is 106 Å². The van der Waals surface area contributed by atoms with Crippen LogP contribution in [0.2, 0.25) is 0 Å². The molecular formula is C11H19N5O2. The number of hydrogen-bond donors (Lipinski definition) is 4. The smallest absolute Gasteiger partial charge is 0.213 e. The Balaban J connectivity index is 2.38. The summed E-state index contributed by atoms with van der Waals surface area (Å²) in [5, 5.41) is 12.3. The molecule has 1 aromatic rings. The van der Waals surface area contributed by atoms with Crippen molar-refractivity contribution in [2.75, 3.05) is 13.2 Å². The number of aromatic nitrogens is 1. The molecule has 0 fully saturated rings. The molecule has 0 radical (unpaired) electrons. The first-order valence-electron chi connectivity index (χ1n) is 5.76. The van der Waals surface area contributed by atoms with Crippen LogP contribution in [0.5, 0.6) is 5.88 Å². The van der Waals surface area contributed by atoms with E-state index in [1.165, 1.54) is 0 Å². The molecular weight excluding hydrogens is 234 g/mol. The number of hydrogen-bond acceptors (Lipinski definition) is 6. The summed E-state index contributed by atoms with van der Waals surface area (Å²) in [6, 6.07) is 3.48. The van der Waals surface area contributed by atoms with Gasteiger partial charge in [0.15, 0.2) is 5.84 Å². The van der Waals surface area contributed by atoms with Crippen molar-refractivity contribution in [3.8, 4) is 5.88 Å². The van der Waals surface area contributed by atoms with Crippen LogP contribution in [-0.2, 0) is 0 Å². The molecule has 0 spiro atoms. The number of aliphatic hydroxyl groups excluding tert-OH is 1. The van der Waals surface area contributed by atoms with Crippen molar-refractivity contribution in [2.45, 2.75) is 19.3 Å². The molecule has 0 amide bonds. The van der Waals surface area contributed by atoms with Crippen molar-refractivity contribution >= 4 is 5.84 Å². The molecule has 0 aliphatic heterocycles. The monoisotopic (exact) mass is 253 g/mol. The minimum atomic E-state index is 0.223. The van der Waals surface area contributed by atoms with Gasteiger partial charge in [0.1, 0.15) is 0 Å². The van der Waals surface area contributed by atoms with Gasteiger partial charge >= 0.3 is 0 Å². The molecule has 1 rings (SSSR count). The highest BCUT2D eigenvalue weighted by Crippen LogP contribution is 2.08. The number of unbranched alkanes of at least 4 members (excludes halogenated alkanes) is 2. The zero-order valence-corrected chi connectivity index (χ0v) is 10.2. The molecule has 18 heavy (non-hydrogen) atoms. The van der Waals surface area contributed by atoms with Gasteiger partial charge in [0, 0.05) is 24.4 Å². The average molecular weight is 253 g/mol. The maximum atomic E-state index is 8.62. The number of hydrazine groups is 1.